The molecule has 0 amide bonds. The number of halogens is 1. The molecular weight excluding hydrogens is 331 g/mol. The third-order valence-corrected chi connectivity index (χ3v) is 4.33. The Morgan fingerprint density at radius 2 is 2.00 bits per heavy atom. The molecule has 0 aliphatic rings. The molecule has 136 valence electrons. The van der Waals surface area contributed by atoms with E-state index in [1.807, 2.05) is 18.3 Å². The molecule has 3 rings (SSSR count). The summed E-state index contributed by atoms with van der Waals surface area (Å²) in [5.41, 5.74) is 3.58. The van der Waals surface area contributed by atoms with E-state index in [9.17, 15) is 4.39 Å². The molecule has 0 saturated heterocycles. The van der Waals surface area contributed by atoms with E-state index in [-0.39, 0.29) is 6.61 Å². The van der Waals surface area contributed by atoms with Gasteiger partial charge in [-0.05, 0) is 35.7 Å². The number of hydrogen-bond donors (Lipinski definition) is 4. The van der Waals surface area contributed by atoms with Crippen LogP contribution in [0.15, 0.2) is 53.7 Å². The smallest absolute Gasteiger partial charge is 0.191 e. The Morgan fingerprint density at radius 3 is 2.81 bits per heavy atom. The fourth-order valence-electron chi connectivity index (χ4n) is 2.92. The van der Waals surface area contributed by atoms with Gasteiger partial charge >= 0.3 is 0 Å². The molecule has 4 N–H and O–H groups in total. The molecule has 0 spiro atoms. The van der Waals surface area contributed by atoms with Gasteiger partial charge in [0.2, 0.25) is 0 Å². The third-order valence-electron chi connectivity index (χ3n) is 4.33. The van der Waals surface area contributed by atoms with Gasteiger partial charge in [-0.1, -0.05) is 24.3 Å². The summed E-state index contributed by atoms with van der Waals surface area (Å²) in [6, 6.07) is 13.0. The number of H-pyrrole nitrogens is 1. The molecule has 5 nitrogen and oxygen atoms in total. The van der Waals surface area contributed by atoms with Crippen LogP contribution in [-0.2, 0) is 19.6 Å². The number of guanidine groups is 1. The van der Waals surface area contributed by atoms with E-state index in [1.165, 1.54) is 17.0 Å². The number of aliphatic hydroxyl groups is 1. The van der Waals surface area contributed by atoms with Crippen LogP contribution in [0.5, 0.6) is 0 Å². The van der Waals surface area contributed by atoms with Crippen molar-refractivity contribution in [3.05, 3.63) is 71.2 Å². The Hall–Kier alpha value is -2.86. The molecule has 0 saturated carbocycles. The molecule has 0 atom stereocenters. The van der Waals surface area contributed by atoms with Crippen LogP contribution in [0.4, 0.5) is 4.39 Å². The second-order valence-corrected chi connectivity index (χ2v) is 6.05. The summed E-state index contributed by atoms with van der Waals surface area (Å²) in [6.45, 7) is 0.935. The number of aliphatic imine (C=N–C) groups is 1. The first kappa shape index (κ1) is 17.9. The van der Waals surface area contributed by atoms with Gasteiger partial charge in [-0.25, -0.2) is 4.39 Å². The van der Waals surface area contributed by atoms with Crippen molar-refractivity contribution in [3.8, 4) is 0 Å². The molecule has 0 radical (unpaired) electrons. The molecule has 1 aromatic heterocycles. The predicted molar refractivity (Wildman–Crippen MR) is 103 cm³/mol. The molecule has 0 fully saturated rings. The van der Waals surface area contributed by atoms with Crippen molar-refractivity contribution in [1.82, 2.24) is 15.6 Å². The van der Waals surface area contributed by atoms with E-state index in [0.717, 1.165) is 24.0 Å². The van der Waals surface area contributed by atoms with E-state index in [4.69, 9.17) is 5.11 Å². The maximum absolute atomic E-state index is 13.4. The van der Waals surface area contributed by atoms with Crippen LogP contribution in [0.25, 0.3) is 10.9 Å². The van der Waals surface area contributed by atoms with E-state index >= 15 is 0 Å². The minimum atomic E-state index is -0.391. The van der Waals surface area contributed by atoms with Crippen molar-refractivity contribution in [2.24, 2.45) is 4.99 Å². The standard InChI is InChI=1S/C20H23FN4O/c1-22-20(25-11-14-6-7-18(21)16(10-14)13-26)23-9-8-15-12-24-19-5-3-2-4-17(15)19/h2-7,10,12,24,26H,8-9,11,13H2,1H3,(H2,22,23,25). The molecular formula is C20H23FN4O. The highest BCUT2D eigenvalue weighted by molar-refractivity contribution is 5.83. The fraction of sp³-hybridized carbons (Fsp3) is 0.250. The van der Waals surface area contributed by atoms with Gasteiger partial charge in [0.05, 0.1) is 6.61 Å². The van der Waals surface area contributed by atoms with Gasteiger partial charge in [-0.3, -0.25) is 4.99 Å². The van der Waals surface area contributed by atoms with Gasteiger partial charge in [0, 0.05) is 42.8 Å². The zero-order valence-corrected chi connectivity index (χ0v) is 14.7. The van der Waals surface area contributed by atoms with Crippen LogP contribution >= 0.6 is 0 Å². The predicted octanol–water partition coefficient (Wildman–Crippen LogP) is 2.71. The fourth-order valence-corrected chi connectivity index (χ4v) is 2.92. The van der Waals surface area contributed by atoms with E-state index in [2.05, 4.69) is 32.7 Å². The van der Waals surface area contributed by atoms with Crippen molar-refractivity contribution >= 4 is 16.9 Å². The highest BCUT2D eigenvalue weighted by Crippen LogP contribution is 2.17. The van der Waals surface area contributed by atoms with Gasteiger partial charge in [0.25, 0.3) is 0 Å². The van der Waals surface area contributed by atoms with Gasteiger partial charge < -0.3 is 20.7 Å². The zero-order chi connectivity index (χ0) is 18.4. The molecule has 0 aliphatic carbocycles. The average molecular weight is 354 g/mol. The Morgan fingerprint density at radius 1 is 1.15 bits per heavy atom. The van der Waals surface area contributed by atoms with E-state index < -0.39 is 5.82 Å². The van der Waals surface area contributed by atoms with Crippen LogP contribution in [-0.4, -0.2) is 29.6 Å². The van der Waals surface area contributed by atoms with Crippen LogP contribution in [0.3, 0.4) is 0 Å². The van der Waals surface area contributed by atoms with Crippen LogP contribution < -0.4 is 10.6 Å². The van der Waals surface area contributed by atoms with Gasteiger partial charge in [0.1, 0.15) is 5.82 Å². The number of aromatic amines is 1. The average Bonchev–Trinajstić information content (AvgIpc) is 3.08. The number of aromatic nitrogens is 1. The van der Waals surface area contributed by atoms with Crippen molar-refractivity contribution in [3.63, 3.8) is 0 Å². The molecule has 3 aromatic rings. The van der Waals surface area contributed by atoms with Crippen LogP contribution in [0.1, 0.15) is 16.7 Å². The minimum Gasteiger partial charge on any atom is -0.392 e. The summed E-state index contributed by atoms with van der Waals surface area (Å²) in [7, 11) is 1.71. The topological polar surface area (TPSA) is 72.4 Å². The monoisotopic (exact) mass is 354 g/mol. The first-order valence-electron chi connectivity index (χ1n) is 8.59. The number of nitrogens with zero attached hydrogens (tertiary/aromatic N) is 1. The summed E-state index contributed by atoms with van der Waals surface area (Å²) < 4.78 is 13.4. The van der Waals surface area contributed by atoms with Crippen molar-refractivity contribution < 1.29 is 9.50 Å². The molecule has 0 unspecified atom stereocenters. The normalized spacial score (nSPS) is 11.7. The summed E-state index contributed by atoms with van der Waals surface area (Å²) in [5.74, 6) is 0.289. The quantitative estimate of drug-likeness (QED) is 0.406. The summed E-state index contributed by atoms with van der Waals surface area (Å²) in [5, 5.41) is 16.9. The van der Waals surface area contributed by atoms with Gasteiger partial charge in [-0.2, -0.15) is 0 Å². The van der Waals surface area contributed by atoms with Crippen molar-refractivity contribution in [2.75, 3.05) is 13.6 Å². The lowest BCUT2D eigenvalue weighted by molar-refractivity contribution is 0.275. The maximum atomic E-state index is 13.4. The highest BCUT2D eigenvalue weighted by Gasteiger charge is 2.05. The first-order valence-corrected chi connectivity index (χ1v) is 8.59. The number of para-hydroxylation sites is 1. The van der Waals surface area contributed by atoms with E-state index in [0.29, 0.717) is 18.1 Å². The number of aliphatic hydroxyl groups excluding tert-OH is 1. The van der Waals surface area contributed by atoms with Crippen LogP contribution in [0.2, 0.25) is 0 Å². The number of nitrogens with one attached hydrogen (secondary N) is 3. The number of hydrogen-bond acceptors (Lipinski definition) is 2. The van der Waals surface area contributed by atoms with Crippen molar-refractivity contribution in [1.29, 1.82) is 0 Å². The summed E-state index contributed by atoms with van der Waals surface area (Å²) in [4.78, 5) is 7.49. The Balaban J connectivity index is 1.52. The second kappa shape index (κ2) is 8.49. The summed E-state index contributed by atoms with van der Waals surface area (Å²) in [6.07, 6.45) is 2.91. The molecule has 0 bridgehead atoms. The molecule has 1 heterocycles. The van der Waals surface area contributed by atoms with Crippen molar-refractivity contribution in [2.45, 2.75) is 19.6 Å². The molecule has 0 aliphatic heterocycles. The number of benzene rings is 2. The lowest BCUT2D eigenvalue weighted by atomic mass is 10.1. The first-order chi connectivity index (χ1) is 12.7. The number of rotatable bonds is 6. The minimum absolute atomic E-state index is 0.298. The van der Waals surface area contributed by atoms with Gasteiger partial charge in [0.15, 0.2) is 5.96 Å². The Bertz CT molecular complexity index is 904. The zero-order valence-electron chi connectivity index (χ0n) is 14.7. The Kier molecular flexibility index (Phi) is 5.86. The van der Waals surface area contributed by atoms with E-state index in [1.54, 1.807) is 19.2 Å². The molecule has 2 aromatic carbocycles. The summed E-state index contributed by atoms with van der Waals surface area (Å²) >= 11 is 0. The largest absolute Gasteiger partial charge is 0.392 e. The lowest BCUT2D eigenvalue weighted by Gasteiger charge is -2.12. The SMILES string of the molecule is CN=C(NCCc1c[nH]c2ccccc12)NCc1ccc(F)c(CO)c1. The van der Waals surface area contributed by atoms with Crippen LogP contribution in [0, 0.1) is 5.82 Å². The Labute approximate surface area is 152 Å². The van der Waals surface area contributed by atoms with Gasteiger partial charge in [-0.15, -0.1) is 0 Å². The number of fused-ring (bicyclic) bond motifs is 1. The highest BCUT2D eigenvalue weighted by atomic mass is 19.1. The molecule has 6 heteroatoms. The third kappa shape index (κ3) is 4.21. The maximum Gasteiger partial charge on any atom is 0.191 e. The molecule has 26 heavy (non-hydrogen) atoms. The lowest BCUT2D eigenvalue weighted by Crippen LogP contribution is -2.37. The second-order valence-electron chi connectivity index (χ2n) is 6.05.